The summed E-state index contributed by atoms with van der Waals surface area (Å²) in [6.07, 6.45) is 2.04. The number of carbonyl (C=O) groups excluding carboxylic acids is 1. The minimum absolute atomic E-state index is 0.0345. The van der Waals surface area contributed by atoms with Crippen LogP contribution in [0.25, 0.3) is 0 Å². The highest BCUT2D eigenvalue weighted by atomic mass is 16.5. The van der Waals surface area contributed by atoms with Gasteiger partial charge in [-0.2, -0.15) is 0 Å². The van der Waals surface area contributed by atoms with Gasteiger partial charge in [0.05, 0.1) is 12.7 Å². The fourth-order valence-corrected chi connectivity index (χ4v) is 1.10. The molecule has 0 heterocycles. The van der Waals surface area contributed by atoms with E-state index in [2.05, 4.69) is 5.32 Å². The first-order chi connectivity index (χ1) is 6.27. The second-order valence-corrected chi connectivity index (χ2v) is 3.33. The van der Waals surface area contributed by atoms with Crippen LogP contribution in [0.15, 0.2) is 0 Å². The third-order valence-corrected chi connectivity index (χ3v) is 2.14. The number of ether oxygens (including phenoxy) is 2. The first-order valence-corrected chi connectivity index (χ1v) is 4.57. The normalized spacial score (nSPS) is 18.3. The van der Waals surface area contributed by atoms with Crippen molar-refractivity contribution in [2.24, 2.45) is 5.92 Å². The lowest BCUT2D eigenvalue weighted by Gasteiger charge is -2.14. The Morgan fingerprint density at radius 2 is 2.23 bits per heavy atom. The van der Waals surface area contributed by atoms with Gasteiger partial charge < -0.3 is 14.8 Å². The van der Waals surface area contributed by atoms with Crippen LogP contribution in [0, 0.1) is 5.92 Å². The Morgan fingerprint density at radius 1 is 1.54 bits per heavy atom. The zero-order chi connectivity index (χ0) is 9.68. The van der Waals surface area contributed by atoms with E-state index in [-0.39, 0.29) is 17.9 Å². The molecule has 1 fully saturated rings. The van der Waals surface area contributed by atoms with Crippen molar-refractivity contribution in [1.29, 1.82) is 0 Å². The lowest BCUT2D eigenvalue weighted by molar-refractivity contribution is -0.123. The van der Waals surface area contributed by atoms with Gasteiger partial charge in [0.2, 0.25) is 5.91 Å². The molecule has 0 saturated heterocycles. The van der Waals surface area contributed by atoms with Gasteiger partial charge in [0.25, 0.3) is 0 Å². The van der Waals surface area contributed by atoms with Crippen molar-refractivity contribution < 1.29 is 14.3 Å². The lowest BCUT2D eigenvalue weighted by Crippen LogP contribution is -2.36. The van der Waals surface area contributed by atoms with Gasteiger partial charge in [-0.3, -0.25) is 4.79 Å². The molecule has 1 amide bonds. The molecule has 76 valence electrons. The minimum Gasteiger partial charge on any atom is -0.382 e. The van der Waals surface area contributed by atoms with Gasteiger partial charge in [0, 0.05) is 26.7 Å². The Kier molecular flexibility index (Phi) is 4.18. The molecule has 1 N–H and O–H groups in total. The van der Waals surface area contributed by atoms with Crippen molar-refractivity contribution in [3.8, 4) is 0 Å². The summed E-state index contributed by atoms with van der Waals surface area (Å²) in [6, 6.07) is 0. The average molecular weight is 187 g/mol. The Labute approximate surface area is 78.6 Å². The van der Waals surface area contributed by atoms with E-state index in [1.54, 1.807) is 14.2 Å². The van der Waals surface area contributed by atoms with Crippen molar-refractivity contribution in [2.75, 3.05) is 27.4 Å². The van der Waals surface area contributed by atoms with E-state index in [0.29, 0.717) is 13.2 Å². The third kappa shape index (κ3) is 3.74. The quantitative estimate of drug-likeness (QED) is 0.645. The molecule has 1 atom stereocenters. The van der Waals surface area contributed by atoms with E-state index >= 15 is 0 Å². The molecule has 0 bridgehead atoms. The summed E-state index contributed by atoms with van der Waals surface area (Å²) in [6.45, 7) is 1.06. The molecule has 1 saturated carbocycles. The zero-order valence-electron chi connectivity index (χ0n) is 8.21. The fraction of sp³-hybridized carbons (Fsp3) is 0.889. The molecule has 4 heteroatoms. The molecule has 13 heavy (non-hydrogen) atoms. The summed E-state index contributed by atoms with van der Waals surface area (Å²) in [5.41, 5.74) is 0. The molecule has 0 aromatic rings. The van der Waals surface area contributed by atoms with Gasteiger partial charge in [-0.25, -0.2) is 0 Å². The molecule has 1 rings (SSSR count). The largest absolute Gasteiger partial charge is 0.382 e. The highest BCUT2D eigenvalue weighted by Crippen LogP contribution is 2.28. The molecule has 0 spiro atoms. The molecule has 1 aliphatic carbocycles. The van der Waals surface area contributed by atoms with Crippen LogP contribution in [-0.4, -0.2) is 39.4 Å². The average Bonchev–Trinajstić information content (AvgIpc) is 2.94. The first-order valence-electron chi connectivity index (χ1n) is 4.57. The highest BCUT2D eigenvalue weighted by molar-refractivity contribution is 5.80. The van der Waals surface area contributed by atoms with Crippen LogP contribution >= 0.6 is 0 Å². The number of nitrogens with one attached hydrogen (secondary N) is 1. The summed E-state index contributed by atoms with van der Waals surface area (Å²) in [5.74, 6) is 0.415. The molecule has 0 aromatic carbocycles. The van der Waals surface area contributed by atoms with Crippen molar-refractivity contribution in [3.05, 3.63) is 0 Å². The lowest BCUT2D eigenvalue weighted by atomic mass is 10.3. The van der Waals surface area contributed by atoms with Gasteiger partial charge in [-0.1, -0.05) is 0 Å². The van der Waals surface area contributed by atoms with Crippen LogP contribution in [0.3, 0.4) is 0 Å². The van der Waals surface area contributed by atoms with E-state index in [1.165, 1.54) is 0 Å². The Bertz CT molecular complexity index is 168. The van der Waals surface area contributed by atoms with Crippen LogP contribution in [-0.2, 0) is 14.3 Å². The molecule has 0 radical (unpaired) electrons. The molecular formula is C9H17NO3. The Morgan fingerprint density at radius 3 is 2.69 bits per heavy atom. The summed E-state index contributed by atoms with van der Waals surface area (Å²) in [5, 5.41) is 2.84. The zero-order valence-corrected chi connectivity index (χ0v) is 8.21. The van der Waals surface area contributed by atoms with Gasteiger partial charge in [0.15, 0.2) is 0 Å². The fourth-order valence-electron chi connectivity index (χ4n) is 1.10. The summed E-state index contributed by atoms with van der Waals surface area (Å²) >= 11 is 0. The van der Waals surface area contributed by atoms with Crippen LogP contribution in [0.4, 0.5) is 0 Å². The number of methoxy groups -OCH3 is 2. The highest BCUT2D eigenvalue weighted by Gasteiger charge is 2.29. The van der Waals surface area contributed by atoms with Crippen molar-refractivity contribution in [1.82, 2.24) is 5.32 Å². The van der Waals surface area contributed by atoms with Gasteiger partial charge in [-0.15, -0.1) is 0 Å². The van der Waals surface area contributed by atoms with E-state index < -0.39 is 0 Å². The van der Waals surface area contributed by atoms with E-state index in [4.69, 9.17) is 9.47 Å². The van der Waals surface area contributed by atoms with Crippen LogP contribution in [0.2, 0.25) is 0 Å². The molecule has 4 nitrogen and oxygen atoms in total. The Balaban J connectivity index is 2.10. The SMILES string of the molecule is COCC(CNC(=O)C1CC1)OC. The predicted molar refractivity (Wildman–Crippen MR) is 48.4 cm³/mol. The maximum absolute atomic E-state index is 11.2. The minimum atomic E-state index is -0.0345. The summed E-state index contributed by atoms with van der Waals surface area (Å²) in [4.78, 5) is 11.2. The van der Waals surface area contributed by atoms with Crippen molar-refractivity contribution in [3.63, 3.8) is 0 Å². The van der Waals surface area contributed by atoms with E-state index in [1.807, 2.05) is 0 Å². The summed E-state index contributed by atoms with van der Waals surface area (Å²) < 4.78 is 10.0. The predicted octanol–water partition coefficient (Wildman–Crippen LogP) is 0.174. The maximum atomic E-state index is 11.2. The molecule has 0 aliphatic heterocycles. The van der Waals surface area contributed by atoms with Crippen LogP contribution in [0.5, 0.6) is 0 Å². The number of hydrogen-bond acceptors (Lipinski definition) is 3. The maximum Gasteiger partial charge on any atom is 0.223 e. The van der Waals surface area contributed by atoms with Gasteiger partial charge in [0.1, 0.15) is 0 Å². The second kappa shape index (κ2) is 5.19. The number of amides is 1. The number of rotatable bonds is 6. The van der Waals surface area contributed by atoms with Crippen LogP contribution in [0.1, 0.15) is 12.8 Å². The van der Waals surface area contributed by atoms with E-state index in [0.717, 1.165) is 12.8 Å². The molecule has 1 unspecified atom stereocenters. The van der Waals surface area contributed by atoms with Crippen molar-refractivity contribution in [2.45, 2.75) is 18.9 Å². The molecular weight excluding hydrogens is 170 g/mol. The molecule has 1 aliphatic rings. The number of hydrogen-bond donors (Lipinski definition) is 1. The van der Waals surface area contributed by atoms with Crippen molar-refractivity contribution >= 4 is 5.91 Å². The Hall–Kier alpha value is -0.610. The molecule has 0 aromatic heterocycles. The van der Waals surface area contributed by atoms with E-state index in [9.17, 15) is 4.79 Å². The second-order valence-electron chi connectivity index (χ2n) is 3.33. The monoisotopic (exact) mass is 187 g/mol. The standard InChI is InChI=1S/C9H17NO3/c1-12-6-8(13-2)5-10-9(11)7-3-4-7/h7-8H,3-6H2,1-2H3,(H,10,11). The summed E-state index contributed by atoms with van der Waals surface area (Å²) in [7, 11) is 3.24. The first kappa shape index (κ1) is 10.5. The third-order valence-electron chi connectivity index (χ3n) is 2.14. The van der Waals surface area contributed by atoms with Crippen LogP contribution < -0.4 is 5.32 Å². The van der Waals surface area contributed by atoms with Gasteiger partial charge >= 0.3 is 0 Å². The topological polar surface area (TPSA) is 47.6 Å². The number of carbonyl (C=O) groups is 1. The smallest absolute Gasteiger partial charge is 0.223 e. The van der Waals surface area contributed by atoms with Gasteiger partial charge in [-0.05, 0) is 12.8 Å².